The zero-order valence-corrected chi connectivity index (χ0v) is 15.5. The van der Waals surface area contributed by atoms with Gasteiger partial charge in [0.05, 0.1) is 13.2 Å². The van der Waals surface area contributed by atoms with Gasteiger partial charge in [-0.2, -0.15) is 0 Å². The topological polar surface area (TPSA) is 66.8 Å². The van der Waals surface area contributed by atoms with Gasteiger partial charge in [-0.15, -0.1) is 0 Å². The van der Waals surface area contributed by atoms with E-state index in [9.17, 15) is 14.7 Å². The number of likely N-dealkylation sites (N-methyl/N-ethyl adjacent to an activating group) is 1. The maximum atomic E-state index is 12.9. The summed E-state index contributed by atoms with van der Waals surface area (Å²) < 4.78 is 5.11. The van der Waals surface area contributed by atoms with E-state index in [2.05, 4.69) is 6.08 Å². The summed E-state index contributed by atoms with van der Waals surface area (Å²) in [6.45, 7) is 5.87. The van der Waals surface area contributed by atoms with Crippen LogP contribution in [-0.4, -0.2) is 47.7 Å². The molecular formula is C19H31NO4. The molecule has 0 saturated carbocycles. The first-order chi connectivity index (χ1) is 11.3. The van der Waals surface area contributed by atoms with Crippen LogP contribution in [0.15, 0.2) is 12.2 Å². The number of aliphatic hydroxyl groups is 1. The molecule has 1 aliphatic heterocycles. The van der Waals surface area contributed by atoms with E-state index in [-0.39, 0.29) is 17.7 Å². The maximum Gasteiger partial charge on any atom is 0.335 e. The normalized spacial score (nSPS) is 33.6. The van der Waals surface area contributed by atoms with E-state index < -0.39 is 23.0 Å². The molecule has 5 heteroatoms. The standard InChI is InChI=1S/C19H31NO4/c1-6-10-14-16(22)20(4)19(17(23)24-5,18(14,2)3)15(21)13-11-8-7-9-12-13/h8,11,13-15,21H,6-7,9-10,12H2,1-5H3/t13-,14+,15?,19+/m1/s1. The highest BCUT2D eigenvalue weighted by Gasteiger charge is 2.70. The minimum Gasteiger partial charge on any atom is -0.467 e. The third kappa shape index (κ3) is 2.48. The fraction of sp³-hybridized carbons (Fsp3) is 0.789. The Kier molecular flexibility index (Phi) is 5.43. The van der Waals surface area contributed by atoms with Gasteiger partial charge in [0.2, 0.25) is 5.91 Å². The van der Waals surface area contributed by atoms with Gasteiger partial charge in [-0.25, -0.2) is 4.79 Å². The Bertz CT molecular complexity index is 527. The summed E-state index contributed by atoms with van der Waals surface area (Å²) in [5, 5.41) is 11.3. The Hall–Kier alpha value is -1.36. The highest BCUT2D eigenvalue weighted by molar-refractivity contribution is 5.95. The molecule has 0 aromatic carbocycles. The molecule has 4 atom stereocenters. The summed E-state index contributed by atoms with van der Waals surface area (Å²) in [6.07, 6.45) is 7.39. The van der Waals surface area contributed by atoms with Crippen molar-refractivity contribution in [2.75, 3.05) is 14.2 Å². The van der Waals surface area contributed by atoms with E-state index in [4.69, 9.17) is 4.74 Å². The van der Waals surface area contributed by atoms with Crippen LogP contribution >= 0.6 is 0 Å². The highest BCUT2D eigenvalue weighted by atomic mass is 16.5. The number of nitrogens with zero attached hydrogens (tertiary/aromatic N) is 1. The van der Waals surface area contributed by atoms with Crippen molar-refractivity contribution < 1.29 is 19.4 Å². The third-order valence-corrected chi connectivity index (χ3v) is 6.21. The minimum atomic E-state index is -1.36. The summed E-state index contributed by atoms with van der Waals surface area (Å²) in [4.78, 5) is 27.3. The van der Waals surface area contributed by atoms with E-state index in [0.717, 1.165) is 25.7 Å². The Balaban J connectivity index is 2.57. The molecule has 1 unspecified atom stereocenters. The molecule has 0 radical (unpaired) electrons. The van der Waals surface area contributed by atoms with Crippen LogP contribution in [0.3, 0.4) is 0 Å². The fourth-order valence-electron chi connectivity index (χ4n) is 4.85. The molecule has 1 heterocycles. The van der Waals surface area contributed by atoms with Crippen molar-refractivity contribution in [1.29, 1.82) is 0 Å². The number of rotatable bonds is 5. The van der Waals surface area contributed by atoms with Crippen molar-refractivity contribution in [3.05, 3.63) is 12.2 Å². The number of carbonyl (C=O) groups is 2. The van der Waals surface area contributed by atoms with E-state index in [0.29, 0.717) is 6.42 Å². The summed E-state index contributed by atoms with van der Waals surface area (Å²) in [5.74, 6) is -1.04. The monoisotopic (exact) mass is 337 g/mol. The van der Waals surface area contributed by atoms with Crippen molar-refractivity contribution in [2.24, 2.45) is 17.3 Å². The second kappa shape index (κ2) is 6.87. The Morgan fingerprint density at radius 1 is 1.50 bits per heavy atom. The predicted molar refractivity (Wildman–Crippen MR) is 92.2 cm³/mol. The first-order valence-corrected chi connectivity index (χ1v) is 8.97. The van der Waals surface area contributed by atoms with Crippen LogP contribution in [0.4, 0.5) is 0 Å². The second-order valence-electron chi connectivity index (χ2n) is 7.69. The van der Waals surface area contributed by atoms with Gasteiger partial charge in [0, 0.05) is 24.3 Å². The van der Waals surface area contributed by atoms with Gasteiger partial charge in [-0.3, -0.25) is 4.79 Å². The average Bonchev–Trinajstić information content (AvgIpc) is 2.73. The summed E-state index contributed by atoms with van der Waals surface area (Å²) in [5.41, 5.74) is -2.07. The first-order valence-electron chi connectivity index (χ1n) is 8.97. The summed E-state index contributed by atoms with van der Waals surface area (Å²) in [6, 6.07) is 0. The lowest BCUT2D eigenvalue weighted by Crippen LogP contribution is -2.67. The molecule has 1 amide bonds. The number of ether oxygens (including phenoxy) is 1. The van der Waals surface area contributed by atoms with Gasteiger partial charge in [0.1, 0.15) is 0 Å². The Morgan fingerprint density at radius 3 is 2.67 bits per heavy atom. The number of allylic oxidation sites excluding steroid dienone is 1. The van der Waals surface area contributed by atoms with E-state index in [1.54, 1.807) is 7.05 Å². The first kappa shape index (κ1) is 19.0. The zero-order valence-electron chi connectivity index (χ0n) is 15.5. The zero-order chi connectivity index (χ0) is 18.1. The molecule has 24 heavy (non-hydrogen) atoms. The Labute approximate surface area is 145 Å². The number of esters is 1. The predicted octanol–water partition coefficient (Wildman–Crippen LogP) is 2.53. The van der Waals surface area contributed by atoms with Crippen LogP contribution in [-0.2, 0) is 14.3 Å². The van der Waals surface area contributed by atoms with Crippen LogP contribution in [0.5, 0.6) is 0 Å². The maximum absolute atomic E-state index is 12.9. The lowest BCUT2D eigenvalue weighted by molar-refractivity contribution is -0.175. The largest absolute Gasteiger partial charge is 0.467 e. The van der Waals surface area contributed by atoms with Gasteiger partial charge in [-0.05, 0) is 25.7 Å². The van der Waals surface area contributed by atoms with Gasteiger partial charge >= 0.3 is 5.97 Å². The molecule has 0 aromatic rings. The molecule has 5 nitrogen and oxygen atoms in total. The lowest BCUT2D eigenvalue weighted by Gasteiger charge is -2.48. The molecular weight excluding hydrogens is 306 g/mol. The van der Waals surface area contributed by atoms with Crippen molar-refractivity contribution in [3.8, 4) is 0 Å². The number of hydrogen-bond acceptors (Lipinski definition) is 4. The smallest absolute Gasteiger partial charge is 0.335 e. The van der Waals surface area contributed by atoms with Crippen LogP contribution in [0, 0.1) is 17.3 Å². The molecule has 0 spiro atoms. The van der Waals surface area contributed by atoms with Crippen LogP contribution < -0.4 is 0 Å². The van der Waals surface area contributed by atoms with Crippen molar-refractivity contribution >= 4 is 11.9 Å². The van der Waals surface area contributed by atoms with Crippen molar-refractivity contribution in [2.45, 2.75) is 64.5 Å². The second-order valence-corrected chi connectivity index (χ2v) is 7.69. The van der Waals surface area contributed by atoms with E-state index >= 15 is 0 Å². The molecule has 1 aliphatic carbocycles. The number of likely N-dealkylation sites (tertiary alicyclic amines) is 1. The number of aliphatic hydroxyl groups excluding tert-OH is 1. The summed E-state index contributed by atoms with van der Waals surface area (Å²) in [7, 11) is 2.96. The SMILES string of the molecule is CCC[C@H]1C(=O)N(C)[C@](C(=O)OC)(C(O)[C@@H]2C=CCCC2)C1(C)C. The quantitative estimate of drug-likeness (QED) is 0.618. The molecule has 136 valence electrons. The van der Waals surface area contributed by atoms with Crippen LogP contribution in [0.1, 0.15) is 52.9 Å². The fourth-order valence-corrected chi connectivity index (χ4v) is 4.85. The van der Waals surface area contributed by atoms with Crippen LogP contribution in [0.25, 0.3) is 0 Å². The van der Waals surface area contributed by atoms with Crippen LogP contribution in [0.2, 0.25) is 0 Å². The molecule has 2 rings (SSSR count). The number of hydrogen-bond donors (Lipinski definition) is 1. The van der Waals surface area contributed by atoms with Gasteiger partial charge in [0.25, 0.3) is 0 Å². The van der Waals surface area contributed by atoms with Gasteiger partial charge < -0.3 is 14.7 Å². The van der Waals surface area contributed by atoms with E-state index in [1.807, 2.05) is 26.8 Å². The molecule has 1 fully saturated rings. The molecule has 2 aliphatic rings. The molecule has 0 aromatic heterocycles. The summed E-state index contributed by atoms with van der Waals surface area (Å²) >= 11 is 0. The van der Waals surface area contributed by atoms with Crippen molar-refractivity contribution in [1.82, 2.24) is 4.90 Å². The minimum absolute atomic E-state index is 0.0777. The van der Waals surface area contributed by atoms with Crippen molar-refractivity contribution in [3.63, 3.8) is 0 Å². The third-order valence-electron chi connectivity index (χ3n) is 6.21. The number of carbonyl (C=O) groups excluding carboxylic acids is 2. The van der Waals surface area contributed by atoms with E-state index in [1.165, 1.54) is 12.0 Å². The Morgan fingerprint density at radius 2 is 2.17 bits per heavy atom. The van der Waals surface area contributed by atoms with Gasteiger partial charge in [0.15, 0.2) is 5.54 Å². The highest BCUT2D eigenvalue weighted by Crippen LogP contribution is 2.54. The lowest BCUT2D eigenvalue weighted by atomic mass is 9.61. The van der Waals surface area contributed by atoms with Gasteiger partial charge in [-0.1, -0.05) is 39.3 Å². The number of methoxy groups -OCH3 is 1. The molecule has 1 N–H and O–H groups in total. The number of amides is 1. The average molecular weight is 337 g/mol. The molecule has 0 bridgehead atoms. The molecule has 1 saturated heterocycles.